The Morgan fingerprint density at radius 3 is 2.50 bits per heavy atom. The number of fused-ring (bicyclic) bond motifs is 3. The number of rotatable bonds is 3. The number of aromatic nitrogens is 1. The van der Waals surface area contributed by atoms with Crippen LogP contribution in [0, 0.1) is 22.7 Å². The Labute approximate surface area is 128 Å². The zero-order chi connectivity index (χ0) is 15.5. The molecular weight excluding hydrogens is 270 g/mol. The fourth-order valence-electron chi connectivity index (χ4n) is 2.74. The second-order valence-electron chi connectivity index (χ2n) is 4.97. The number of allylic oxidation sites excluding steroid dienone is 2. The third-order valence-corrected chi connectivity index (χ3v) is 3.66. The Hall–Kier alpha value is -3.30. The van der Waals surface area contributed by atoms with E-state index in [0.29, 0.717) is 0 Å². The number of hydrogen-bond acceptors (Lipinski definition) is 2. The van der Waals surface area contributed by atoms with E-state index in [-0.39, 0.29) is 5.57 Å². The predicted octanol–water partition coefficient (Wildman–Crippen LogP) is 4.41. The van der Waals surface area contributed by atoms with Gasteiger partial charge in [0.15, 0.2) is 0 Å². The predicted molar refractivity (Wildman–Crippen MR) is 88.8 cm³/mol. The van der Waals surface area contributed by atoms with Gasteiger partial charge in [0.05, 0.1) is 0 Å². The van der Waals surface area contributed by atoms with Gasteiger partial charge in [-0.25, -0.2) is 0 Å². The molecule has 0 saturated carbocycles. The number of para-hydroxylation sites is 1. The van der Waals surface area contributed by atoms with E-state index in [9.17, 15) is 0 Å². The van der Waals surface area contributed by atoms with Gasteiger partial charge in [0.2, 0.25) is 0 Å². The summed E-state index contributed by atoms with van der Waals surface area (Å²) >= 11 is 0. The van der Waals surface area contributed by atoms with Crippen LogP contribution in [0.4, 0.5) is 0 Å². The maximum Gasteiger partial charge on any atom is 0.130 e. The van der Waals surface area contributed by atoms with Crippen molar-refractivity contribution in [3.05, 3.63) is 66.3 Å². The molecule has 1 aromatic heterocycles. The van der Waals surface area contributed by atoms with Crippen molar-refractivity contribution in [3.63, 3.8) is 0 Å². The maximum absolute atomic E-state index is 8.89. The SMILES string of the molecule is C=CCn1c2ccccc2c2cc(C=C(C#N)C#N)ccc21. The van der Waals surface area contributed by atoms with Gasteiger partial charge in [0.25, 0.3) is 0 Å². The van der Waals surface area contributed by atoms with E-state index in [1.165, 1.54) is 0 Å². The molecule has 0 fully saturated rings. The summed E-state index contributed by atoms with van der Waals surface area (Å²) in [5.74, 6) is 0. The molecule has 3 aromatic rings. The van der Waals surface area contributed by atoms with Crippen molar-refractivity contribution in [2.45, 2.75) is 6.54 Å². The summed E-state index contributed by atoms with van der Waals surface area (Å²) in [5.41, 5.74) is 3.23. The van der Waals surface area contributed by atoms with Gasteiger partial charge in [-0.3, -0.25) is 0 Å². The topological polar surface area (TPSA) is 52.5 Å². The van der Waals surface area contributed by atoms with Crippen LogP contribution in [-0.4, -0.2) is 4.57 Å². The van der Waals surface area contributed by atoms with Gasteiger partial charge >= 0.3 is 0 Å². The van der Waals surface area contributed by atoms with Crippen molar-refractivity contribution in [3.8, 4) is 12.1 Å². The van der Waals surface area contributed by atoms with Gasteiger partial charge in [-0.1, -0.05) is 30.3 Å². The lowest BCUT2D eigenvalue weighted by Gasteiger charge is -2.03. The molecule has 3 rings (SSSR count). The molecule has 0 radical (unpaired) electrons. The van der Waals surface area contributed by atoms with Gasteiger partial charge < -0.3 is 4.57 Å². The van der Waals surface area contributed by atoms with Gasteiger partial charge in [0, 0.05) is 28.4 Å². The molecule has 0 aliphatic heterocycles. The molecule has 0 saturated heterocycles. The summed E-state index contributed by atoms with van der Waals surface area (Å²) in [5, 5.41) is 20.1. The molecular formula is C19H13N3. The molecule has 0 aliphatic carbocycles. The van der Waals surface area contributed by atoms with E-state index in [1.807, 2.05) is 48.5 Å². The minimum absolute atomic E-state index is 0.106. The van der Waals surface area contributed by atoms with Crippen molar-refractivity contribution in [2.75, 3.05) is 0 Å². The molecule has 1 heterocycles. The lowest BCUT2D eigenvalue weighted by Crippen LogP contribution is -1.93. The highest BCUT2D eigenvalue weighted by atomic mass is 15.0. The summed E-state index contributed by atoms with van der Waals surface area (Å²) < 4.78 is 2.21. The fourth-order valence-corrected chi connectivity index (χ4v) is 2.74. The third kappa shape index (κ3) is 2.16. The highest BCUT2D eigenvalue weighted by Gasteiger charge is 2.09. The molecule has 2 aromatic carbocycles. The van der Waals surface area contributed by atoms with Crippen molar-refractivity contribution < 1.29 is 0 Å². The smallest absolute Gasteiger partial charge is 0.130 e. The van der Waals surface area contributed by atoms with E-state index >= 15 is 0 Å². The first-order valence-corrected chi connectivity index (χ1v) is 6.92. The summed E-state index contributed by atoms with van der Waals surface area (Å²) in [7, 11) is 0. The standard InChI is InChI=1S/C19H13N3/c1-2-9-22-18-6-4-3-5-16(18)17-11-14(7-8-19(17)22)10-15(12-20)13-21/h2-8,10-11H,1,9H2. The fraction of sp³-hybridized carbons (Fsp3) is 0.0526. The van der Waals surface area contributed by atoms with Crippen LogP contribution in [-0.2, 0) is 6.54 Å². The zero-order valence-electron chi connectivity index (χ0n) is 12.0. The van der Waals surface area contributed by atoms with Crippen LogP contribution in [0.1, 0.15) is 5.56 Å². The molecule has 0 unspecified atom stereocenters. The van der Waals surface area contributed by atoms with Crippen molar-refractivity contribution in [1.82, 2.24) is 4.57 Å². The number of nitrogens with zero attached hydrogens (tertiary/aromatic N) is 3. The van der Waals surface area contributed by atoms with Crippen molar-refractivity contribution in [2.24, 2.45) is 0 Å². The van der Waals surface area contributed by atoms with Crippen LogP contribution in [0.5, 0.6) is 0 Å². The molecule has 0 N–H and O–H groups in total. The molecule has 0 aliphatic rings. The Balaban J connectivity index is 2.32. The zero-order valence-corrected chi connectivity index (χ0v) is 12.0. The highest BCUT2D eigenvalue weighted by Crippen LogP contribution is 2.30. The lowest BCUT2D eigenvalue weighted by atomic mass is 10.1. The van der Waals surface area contributed by atoms with Crippen molar-refractivity contribution >= 4 is 27.9 Å². The minimum atomic E-state index is 0.106. The first kappa shape index (κ1) is 13.7. The average Bonchev–Trinajstić information content (AvgIpc) is 2.87. The molecule has 3 nitrogen and oxygen atoms in total. The molecule has 22 heavy (non-hydrogen) atoms. The molecule has 0 amide bonds. The normalized spacial score (nSPS) is 10.1. The monoisotopic (exact) mass is 283 g/mol. The first-order chi connectivity index (χ1) is 10.8. The van der Waals surface area contributed by atoms with E-state index < -0.39 is 0 Å². The van der Waals surface area contributed by atoms with Crippen molar-refractivity contribution in [1.29, 1.82) is 10.5 Å². The van der Waals surface area contributed by atoms with E-state index in [1.54, 1.807) is 6.08 Å². The molecule has 104 valence electrons. The van der Waals surface area contributed by atoms with E-state index in [0.717, 1.165) is 33.9 Å². The maximum atomic E-state index is 8.89. The molecule has 3 heteroatoms. The summed E-state index contributed by atoms with van der Waals surface area (Å²) in [4.78, 5) is 0. The Bertz CT molecular complexity index is 975. The van der Waals surface area contributed by atoms with Crippen LogP contribution >= 0.6 is 0 Å². The van der Waals surface area contributed by atoms with Crippen LogP contribution < -0.4 is 0 Å². The highest BCUT2D eigenvalue weighted by molar-refractivity contribution is 6.08. The second-order valence-corrected chi connectivity index (χ2v) is 4.97. The molecule has 0 bridgehead atoms. The van der Waals surface area contributed by atoms with E-state index in [2.05, 4.69) is 23.3 Å². The Kier molecular flexibility index (Phi) is 3.48. The van der Waals surface area contributed by atoms with Crippen LogP contribution in [0.3, 0.4) is 0 Å². The van der Waals surface area contributed by atoms with Gasteiger partial charge in [-0.2, -0.15) is 10.5 Å². The Morgan fingerprint density at radius 1 is 1.05 bits per heavy atom. The van der Waals surface area contributed by atoms with Crippen LogP contribution in [0.15, 0.2) is 60.7 Å². The Morgan fingerprint density at radius 2 is 1.77 bits per heavy atom. The van der Waals surface area contributed by atoms with Crippen LogP contribution in [0.2, 0.25) is 0 Å². The second kappa shape index (κ2) is 5.60. The number of nitriles is 2. The minimum Gasteiger partial charge on any atom is -0.337 e. The number of hydrogen-bond donors (Lipinski definition) is 0. The average molecular weight is 283 g/mol. The summed E-state index contributed by atoms with van der Waals surface area (Å²) in [6, 6.07) is 18.0. The van der Waals surface area contributed by atoms with Crippen LogP contribution in [0.25, 0.3) is 27.9 Å². The van der Waals surface area contributed by atoms with Gasteiger partial charge in [0.1, 0.15) is 17.7 Å². The number of benzene rings is 2. The lowest BCUT2D eigenvalue weighted by molar-refractivity contribution is 0.901. The molecule has 0 spiro atoms. The van der Waals surface area contributed by atoms with Gasteiger partial charge in [-0.05, 0) is 29.8 Å². The molecule has 0 atom stereocenters. The van der Waals surface area contributed by atoms with Gasteiger partial charge in [-0.15, -0.1) is 6.58 Å². The van der Waals surface area contributed by atoms with E-state index in [4.69, 9.17) is 10.5 Å². The largest absolute Gasteiger partial charge is 0.337 e. The third-order valence-electron chi connectivity index (χ3n) is 3.66. The summed E-state index contributed by atoms with van der Waals surface area (Å²) in [6.45, 7) is 4.56. The summed E-state index contributed by atoms with van der Waals surface area (Å²) in [6.07, 6.45) is 3.49. The first-order valence-electron chi connectivity index (χ1n) is 6.92. The quantitative estimate of drug-likeness (QED) is 0.528.